The Balaban J connectivity index is 2.35. The Kier molecular flexibility index (Phi) is 3.94. The molecular formula is C13H21N3O. The maximum Gasteiger partial charge on any atom is 0.136 e. The lowest BCUT2D eigenvalue weighted by Gasteiger charge is -2.20. The number of aryl methyl sites for hydroxylation is 1. The average Bonchev–Trinajstić information content (AvgIpc) is 2.37. The van der Waals surface area contributed by atoms with E-state index in [1.165, 1.54) is 24.1 Å². The maximum absolute atomic E-state index is 5.18. The highest BCUT2D eigenvalue weighted by molar-refractivity contribution is 5.47. The molecule has 1 unspecified atom stereocenters. The molecule has 0 aliphatic heterocycles. The SMILES string of the molecule is CNc1nc(C(C)COC)nc2c1CCCC2. The summed E-state index contributed by atoms with van der Waals surface area (Å²) in [7, 11) is 3.65. The Labute approximate surface area is 103 Å². The molecule has 0 spiro atoms. The van der Waals surface area contributed by atoms with E-state index in [2.05, 4.69) is 17.2 Å². The van der Waals surface area contributed by atoms with Gasteiger partial charge in [0.1, 0.15) is 11.6 Å². The van der Waals surface area contributed by atoms with Gasteiger partial charge in [-0.25, -0.2) is 9.97 Å². The molecule has 0 amide bonds. The van der Waals surface area contributed by atoms with E-state index in [1.807, 2.05) is 7.05 Å². The molecule has 4 nitrogen and oxygen atoms in total. The smallest absolute Gasteiger partial charge is 0.136 e. The molecule has 17 heavy (non-hydrogen) atoms. The van der Waals surface area contributed by atoms with Crippen molar-refractivity contribution in [2.24, 2.45) is 0 Å². The first-order valence-electron chi connectivity index (χ1n) is 6.32. The summed E-state index contributed by atoms with van der Waals surface area (Å²) >= 11 is 0. The summed E-state index contributed by atoms with van der Waals surface area (Å²) < 4.78 is 5.18. The fourth-order valence-electron chi connectivity index (χ4n) is 2.36. The molecule has 1 aliphatic carbocycles. The summed E-state index contributed by atoms with van der Waals surface area (Å²) in [6.45, 7) is 2.77. The molecule has 1 heterocycles. The Bertz CT molecular complexity index is 375. The highest BCUT2D eigenvalue weighted by atomic mass is 16.5. The zero-order valence-corrected chi connectivity index (χ0v) is 10.9. The summed E-state index contributed by atoms with van der Waals surface area (Å²) in [6, 6.07) is 0. The van der Waals surface area contributed by atoms with Gasteiger partial charge in [0.15, 0.2) is 0 Å². The minimum atomic E-state index is 0.249. The van der Waals surface area contributed by atoms with Gasteiger partial charge in [-0.2, -0.15) is 0 Å². The van der Waals surface area contributed by atoms with Crippen LogP contribution in [0.5, 0.6) is 0 Å². The first kappa shape index (κ1) is 12.3. The van der Waals surface area contributed by atoms with E-state index in [1.54, 1.807) is 7.11 Å². The molecule has 4 heteroatoms. The van der Waals surface area contributed by atoms with Gasteiger partial charge in [-0.15, -0.1) is 0 Å². The number of anilines is 1. The predicted molar refractivity (Wildman–Crippen MR) is 68.5 cm³/mol. The quantitative estimate of drug-likeness (QED) is 0.868. The molecule has 1 aliphatic rings. The number of fused-ring (bicyclic) bond motifs is 1. The number of methoxy groups -OCH3 is 1. The topological polar surface area (TPSA) is 47.0 Å². The van der Waals surface area contributed by atoms with Crippen LogP contribution in [-0.2, 0) is 17.6 Å². The summed E-state index contributed by atoms with van der Waals surface area (Å²) in [5.41, 5.74) is 2.54. The van der Waals surface area contributed by atoms with Crippen molar-refractivity contribution in [1.82, 2.24) is 9.97 Å². The number of nitrogens with one attached hydrogen (secondary N) is 1. The van der Waals surface area contributed by atoms with Crippen LogP contribution in [0.3, 0.4) is 0 Å². The van der Waals surface area contributed by atoms with E-state index < -0.39 is 0 Å². The standard InChI is InChI=1S/C13H21N3O/c1-9(8-17-3)12-15-11-7-5-4-6-10(11)13(14-2)16-12/h9H,4-8H2,1-3H3,(H,14,15,16). The van der Waals surface area contributed by atoms with Crippen molar-refractivity contribution in [2.75, 3.05) is 26.1 Å². The first-order valence-corrected chi connectivity index (χ1v) is 6.32. The molecule has 1 N–H and O–H groups in total. The highest BCUT2D eigenvalue weighted by Gasteiger charge is 2.19. The minimum absolute atomic E-state index is 0.249. The van der Waals surface area contributed by atoms with Crippen LogP contribution in [0.15, 0.2) is 0 Å². The molecule has 1 aromatic rings. The Morgan fingerprint density at radius 2 is 2.06 bits per heavy atom. The molecule has 1 aromatic heterocycles. The summed E-state index contributed by atoms with van der Waals surface area (Å²) in [5, 5.41) is 3.20. The zero-order valence-electron chi connectivity index (χ0n) is 10.9. The van der Waals surface area contributed by atoms with Crippen LogP contribution in [0.25, 0.3) is 0 Å². The molecule has 0 radical (unpaired) electrons. The molecule has 0 fully saturated rings. The van der Waals surface area contributed by atoms with Gasteiger partial charge < -0.3 is 10.1 Å². The van der Waals surface area contributed by atoms with Crippen molar-refractivity contribution in [2.45, 2.75) is 38.5 Å². The zero-order chi connectivity index (χ0) is 12.3. The van der Waals surface area contributed by atoms with Gasteiger partial charge in [-0.1, -0.05) is 6.92 Å². The van der Waals surface area contributed by atoms with E-state index in [9.17, 15) is 0 Å². The van der Waals surface area contributed by atoms with Crippen molar-refractivity contribution in [3.8, 4) is 0 Å². The fraction of sp³-hybridized carbons (Fsp3) is 0.692. The van der Waals surface area contributed by atoms with Crippen LogP contribution < -0.4 is 5.32 Å². The monoisotopic (exact) mass is 235 g/mol. The van der Waals surface area contributed by atoms with Gasteiger partial charge in [0.05, 0.1) is 6.61 Å². The third-order valence-electron chi connectivity index (χ3n) is 3.29. The van der Waals surface area contributed by atoms with Crippen molar-refractivity contribution < 1.29 is 4.74 Å². The van der Waals surface area contributed by atoms with Crippen LogP contribution in [-0.4, -0.2) is 30.7 Å². The molecule has 94 valence electrons. The normalized spacial score (nSPS) is 16.4. The second-order valence-electron chi connectivity index (χ2n) is 4.67. The highest BCUT2D eigenvalue weighted by Crippen LogP contribution is 2.26. The Morgan fingerprint density at radius 1 is 1.29 bits per heavy atom. The largest absolute Gasteiger partial charge is 0.384 e. The van der Waals surface area contributed by atoms with Gasteiger partial charge in [0.2, 0.25) is 0 Å². The second-order valence-corrected chi connectivity index (χ2v) is 4.67. The number of aromatic nitrogens is 2. The molecule has 0 saturated heterocycles. The number of hydrogen-bond acceptors (Lipinski definition) is 4. The van der Waals surface area contributed by atoms with Crippen LogP contribution in [0, 0.1) is 0 Å². The van der Waals surface area contributed by atoms with E-state index in [0.29, 0.717) is 6.61 Å². The van der Waals surface area contributed by atoms with E-state index in [-0.39, 0.29) is 5.92 Å². The van der Waals surface area contributed by atoms with Gasteiger partial charge in [0.25, 0.3) is 0 Å². The van der Waals surface area contributed by atoms with Gasteiger partial charge >= 0.3 is 0 Å². The molecular weight excluding hydrogens is 214 g/mol. The number of rotatable bonds is 4. The lowest BCUT2D eigenvalue weighted by atomic mass is 9.96. The van der Waals surface area contributed by atoms with Gasteiger partial charge in [-0.05, 0) is 25.7 Å². The van der Waals surface area contributed by atoms with E-state index in [4.69, 9.17) is 9.72 Å². The molecule has 0 saturated carbocycles. The fourth-order valence-corrected chi connectivity index (χ4v) is 2.36. The third-order valence-corrected chi connectivity index (χ3v) is 3.29. The van der Waals surface area contributed by atoms with Gasteiger partial charge in [-0.3, -0.25) is 0 Å². The number of nitrogens with zero attached hydrogens (tertiary/aromatic N) is 2. The van der Waals surface area contributed by atoms with Crippen molar-refractivity contribution in [3.63, 3.8) is 0 Å². The summed E-state index contributed by atoms with van der Waals surface area (Å²) in [6.07, 6.45) is 4.67. The van der Waals surface area contributed by atoms with Crippen molar-refractivity contribution in [3.05, 3.63) is 17.1 Å². The maximum atomic E-state index is 5.18. The lowest BCUT2D eigenvalue weighted by molar-refractivity contribution is 0.181. The molecule has 1 atom stereocenters. The minimum Gasteiger partial charge on any atom is -0.384 e. The second kappa shape index (κ2) is 5.45. The van der Waals surface area contributed by atoms with Crippen molar-refractivity contribution >= 4 is 5.82 Å². The number of ether oxygens (including phenoxy) is 1. The van der Waals surface area contributed by atoms with Crippen LogP contribution in [0.1, 0.15) is 42.8 Å². The molecule has 2 rings (SSSR count). The average molecular weight is 235 g/mol. The third kappa shape index (κ3) is 2.57. The van der Waals surface area contributed by atoms with E-state index >= 15 is 0 Å². The predicted octanol–water partition coefficient (Wildman–Crippen LogP) is 2.15. The van der Waals surface area contributed by atoms with E-state index in [0.717, 1.165) is 24.5 Å². The van der Waals surface area contributed by atoms with Gasteiger partial charge in [0, 0.05) is 31.3 Å². The van der Waals surface area contributed by atoms with Crippen LogP contribution in [0.4, 0.5) is 5.82 Å². The molecule has 0 bridgehead atoms. The summed E-state index contributed by atoms with van der Waals surface area (Å²) in [4.78, 5) is 9.33. The number of hydrogen-bond donors (Lipinski definition) is 1. The Morgan fingerprint density at radius 3 is 2.76 bits per heavy atom. The van der Waals surface area contributed by atoms with Crippen molar-refractivity contribution in [1.29, 1.82) is 0 Å². The lowest BCUT2D eigenvalue weighted by Crippen LogP contribution is -2.16. The summed E-state index contributed by atoms with van der Waals surface area (Å²) in [5.74, 6) is 2.16. The Hall–Kier alpha value is -1.16. The van der Waals surface area contributed by atoms with Crippen LogP contribution in [0.2, 0.25) is 0 Å². The first-order chi connectivity index (χ1) is 8.26. The van der Waals surface area contributed by atoms with Crippen LogP contribution >= 0.6 is 0 Å². The molecule has 0 aromatic carbocycles.